The van der Waals surface area contributed by atoms with Gasteiger partial charge in [-0.15, -0.1) is 0 Å². The predicted octanol–water partition coefficient (Wildman–Crippen LogP) is 1.65. The zero-order chi connectivity index (χ0) is 13.1. The van der Waals surface area contributed by atoms with E-state index in [1.165, 1.54) is 6.07 Å². The van der Waals surface area contributed by atoms with E-state index in [9.17, 15) is 10.1 Å². The molecule has 0 saturated heterocycles. The molecular weight excluding hydrogens is 234 g/mol. The van der Waals surface area contributed by atoms with Crippen LogP contribution in [0.2, 0.25) is 0 Å². The lowest BCUT2D eigenvalue weighted by Gasteiger charge is -2.31. The fourth-order valence-corrected chi connectivity index (χ4v) is 2.09. The first-order valence-corrected chi connectivity index (χ1v) is 5.71. The molecule has 0 atom stereocenters. The molecule has 0 bridgehead atoms. The third-order valence-electron chi connectivity index (χ3n) is 3.13. The molecule has 0 heterocycles. The van der Waals surface area contributed by atoms with Crippen molar-refractivity contribution in [2.75, 3.05) is 11.9 Å². The van der Waals surface area contributed by atoms with Crippen LogP contribution >= 0.6 is 0 Å². The maximum absolute atomic E-state index is 11.0. The molecule has 0 aliphatic heterocycles. The number of anilines is 1. The van der Waals surface area contributed by atoms with Crippen LogP contribution in [-0.4, -0.2) is 22.7 Å². The molecule has 2 rings (SSSR count). The van der Waals surface area contributed by atoms with E-state index in [0.717, 1.165) is 12.8 Å². The number of nitro groups is 1. The van der Waals surface area contributed by atoms with E-state index in [4.69, 9.17) is 10.4 Å². The second-order valence-electron chi connectivity index (χ2n) is 4.44. The molecule has 94 valence electrons. The number of hydrogen-bond acceptors (Lipinski definition) is 5. The van der Waals surface area contributed by atoms with Gasteiger partial charge in [0.15, 0.2) is 0 Å². The van der Waals surface area contributed by atoms with Crippen LogP contribution in [0.3, 0.4) is 0 Å². The van der Waals surface area contributed by atoms with Gasteiger partial charge in [-0.1, -0.05) is 6.07 Å². The maximum Gasteiger partial charge on any atom is 0.309 e. The Labute approximate surface area is 104 Å². The number of nitrogens with one attached hydrogen (secondary N) is 1. The standard InChI is InChI=1S/C12H13N3O3/c13-6-9-2-1-3-11(12(9)15(17)18)14-7-8-4-10(16)5-8/h1-3,8,10,14,16H,4-5,7H2. The summed E-state index contributed by atoms with van der Waals surface area (Å²) in [5.41, 5.74) is 0.235. The Hall–Kier alpha value is -2.13. The minimum Gasteiger partial charge on any atom is -0.393 e. The van der Waals surface area contributed by atoms with Crippen molar-refractivity contribution in [3.63, 3.8) is 0 Å². The van der Waals surface area contributed by atoms with Gasteiger partial charge in [0.2, 0.25) is 0 Å². The van der Waals surface area contributed by atoms with Gasteiger partial charge in [-0.25, -0.2) is 0 Å². The van der Waals surface area contributed by atoms with E-state index in [2.05, 4.69) is 5.32 Å². The van der Waals surface area contributed by atoms with E-state index in [0.29, 0.717) is 18.2 Å². The lowest BCUT2D eigenvalue weighted by molar-refractivity contribution is -0.384. The van der Waals surface area contributed by atoms with Gasteiger partial charge in [-0.3, -0.25) is 10.1 Å². The smallest absolute Gasteiger partial charge is 0.309 e. The van der Waals surface area contributed by atoms with Crippen molar-refractivity contribution in [3.8, 4) is 6.07 Å². The van der Waals surface area contributed by atoms with Crippen LogP contribution in [0.1, 0.15) is 18.4 Å². The molecule has 18 heavy (non-hydrogen) atoms. The normalized spacial score (nSPS) is 21.8. The van der Waals surface area contributed by atoms with Crippen LogP contribution in [0.15, 0.2) is 18.2 Å². The van der Waals surface area contributed by atoms with Gasteiger partial charge in [0.1, 0.15) is 17.3 Å². The van der Waals surface area contributed by atoms with E-state index >= 15 is 0 Å². The molecule has 1 saturated carbocycles. The van der Waals surface area contributed by atoms with Gasteiger partial charge >= 0.3 is 5.69 Å². The van der Waals surface area contributed by atoms with Gasteiger partial charge in [0.05, 0.1) is 11.0 Å². The van der Waals surface area contributed by atoms with Gasteiger partial charge in [-0.05, 0) is 30.9 Å². The van der Waals surface area contributed by atoms with Crippen molar-refractivity contribution in [2.45, 2.75) is 18.9 Å². The summed E-state index contributed by atoms with van der Waals surface area (Å²) in [6.07, 6.45) is 1.20. The molecule has 6 heteroatoms. The highest BCUT2D eigenvalue weighted by atomic mass is 16.6. The largest absolute Gasteiger partial charge is 0.393 e. The fraction of sp³-hybridized carbons (Fsp3) is 0.417. The van der Waals surface area contributed by atoms with Crippen molar-refractivity contribution in [1.29, 1.82) is 5.26 Å². The van der Waals surface area contributed by atoms with Crippen LogP contribution in [0, 0.1) is 27.4 Å². The van der Waals surface area contributed by atoms with Gasteiger partial charge in [0, 0.05) is 6.54 Å². The molecule has 6 nitrogen and oxygen atoms in total. The third-order valence-corrected chi connectivity index (χ3v) is 3.13. The van der Waals surface area contributed by atoms with Gasteiger partial charge in [-0.2, -0.15) is 5.26 Å². The molecule has 1 aromatic carbocycles. The highest BCUT2D eigenvalue weighted by Crippen LogP contribution is 2.31. The molecule has 1 fully saturated rings. The Balaban J connectivity index is 2.12. The van der Waals surface area contributed by atoms with E-state index in [1.807, 2.05) is 6.07 Å². The molecule has 1 aliphatic rings. The second kappa shape index (κ2) is 5.02. The number of nitrogens with zero attached hydrogens (tertiary/aromatic N) is 2. The summed E-state index contributed by atoms with van der Waals surface area (Å²) in [4.78, 5) is 10.4. The van der Waals surface area contributed by atoms with Crippen LogP contribution < -0.4 is 5.32 Å². The lowest BCUT2D eigenvalue weighted by Crippen LogP contribution is -2.33. The first-order chi connectivity index (χ1) is 8.61. The summed E-state index contributed by atoms with van der Waals surface area (Å²) in [6.45, 7) is 0.576. The molecule has 1 aromatic rings. The number of hydrogen-bond donors (Lipinski definition) is 2. The average Bonchev–Trinajstić information content (AvgIpc) is 2.32. The quantitative estimate of drug-likeness (QED) is 0.622. The summed E-state index contributed by atoms with van der Waals surface area (Å²) < 4.78 is 0. The van der Waals surface area contributed by atoms with E-state index in [1.54, 1.807) is 12.1 Å². The highest BCUT2D eigenvalue weighted by molar-refractivity contribution is 5.68. The van der Waals surface area contributed by atoms with E-state index in [-0.39, 0.29) is 17.4 Å². The molecule has 0 radical (unpaired) electrons. The number of para-hydroxylation sites is 1. The van der Waals surface area contributed by atoms with Crippen molar-refractivity contribution in [2.24, 2.45) is 5.92 Å². The molecule has 1 aliphatic carbocycles. The highest BCUT2D eigenvalue weighted by Gasteiger charge is 2.27. The monoisotopic (exact) mass is 247 g/mol. The maximum atomic E-state index is 11.0. The van der Waals surface area contributed by atoms with Crippen LogP contribution in [-0.2, 0) is 0 Å². The summed E-state index contributed by atoms with van der Waals surface area (Å²) in [5, 5.41) is 32.0. The molecular formula is C12H13N3O3. The molecule has 0 aromatic heterocycles. The van der Waals surface area contributed by atoms with Crippen LogP contribution in [0.4, 0.5) is 11.4 Å². The Kier molecular flexibility index (Phi) is 3.44. The Morgan fingerprint density at radius 2 is 2.28 bits per heavy atom. The van der Waals surface area contributed by atoms with Crippen molar-refractivity contribution >= 4 is 11.4 Å². The Morgan fingerprint density at radius 3 is 2.83 bits per heavy atom. The van der Waals surface area contributed by atoms with Gasteiger partial charge in [0.25, 0.3) is 0 Å². The number of aliphatic hydroxyl groups excluding tert-OH is 1. The predicted molar refractivity (Wildman–Crippen MR) is 65.0 cm³/mol. The summed E-state index contributed by atoms with van der Waals surface area (Å²) in [7, 11) is 0. The summed E-state index contributed by atoms with van der Waals surface area (Å²) in [6, 6.07) is 6.45. The minimum absolute atomic E-state index is 0.0543. The van der Waals surface area contributed by atoms with Crippen LogP contribution in [0.25, 0.3) is 0 Å². The van der Waals surface area contributed by atoms with Crippen LogP contribution in [0.5, 0.6) is 0 Å². The summed E-state index contributed by atoms with van der Waals surface area (Å²) in [5.74, 6) is 0.338. The average molecular weight is 247 g/mol. The molecule has 0 unspecified atom stereocenters. The lowest BCUT2D eigenvalue weighted by atomic mass is 9.82. The second-order valence-corrected chi connectivity index (χ2v) is 4.44. The first-order valence-electron chi connectivity index (χ1n) is 5.71. The van der Waals surface area contributed by atoms with Gasteiger partial charge < -0.3 is 10.4 Å². The number of rotatable bonds is 4. The SMILES string of the molecule is N#Cc1cccc(NCC2CC(O)C2)c1[N+](=O)[O-]. The minimum atomic E-state index is -0.545. The number of nitro benzene ring substituents is 1. The summed E-state index contributed by atoms with van der Waals surface area (Å²) >= 11 is 0. The van der Waals surface area contributed by atoms with Crippen molar-refractivity contribution in [3.05, 3.63) is 33.9 Å². The first kappa shape index (κ1) is 12.3. The Bertz CT molecular complexity index is 504. The van der Waals surface area contributed by atoms with E-state index < -0.39 is 4.92 Å². The third kappa shape index (κ3) is 2.41. The fourth-order valence-electron chi connectivity index (χ4n) is 2.09. The Morgan fingerprint density at radius 1 is 1.56 bits per heavy atom. The topological polar surface area (TPSA) is 99.2 Å². The number of nitriles is 1. The molecule has 0 amide bonds. The zero-order valence-corrected chi connectivity index (χ0v) is 9.67. The molecule has 0 spiro atoms. The van der Waals surface area contributed by atoms with Crippen molar-refractivity contribution < 1.29 is 10.0 Å². The molecule has 2 N–H and O–H groups in total. The zero-order valence-electron chi connectivity index (χ0n) is 9.67. The number of aliphatic hydroxyl groups is 1. The van der Waals surface area contributed by atoms with Crippen molar-refractivity contribution in [1.82, 2.24) is 0 Å². The number of benzene rings is 1.